The fraction of sp³-hybridized carbons (Fsp3) is 0.0312. The normalized spacial score (nSPS) is 10.7. The maximum absolute atomic E-state index is 13.6. The van der Waals surface area contributed by atoms with Crippen LogP contribution in [0.25, 0.3) is 28.3 Å². The van der Waals surface area contributed by atoms with Crippen LogP contribution in [0, 0.1) is 12.7 Å². The van der Waals surface area contributed by atoms with Crippen molar-refractivity contribution in [2.75, 3.05) is 5.32 Å². The highest BCUT2D eigenvalue weighted by molar-refractivity contribution is 5.99. The minimum absolute atomic E-state index is 0.0205. The van der Waals surface area contributed by atoms with E-state index in [1.54, 1.807) is 85.5 Å². The summed E-state index contributed by atoms with van der Waals surface area (Å²) in [5.41, 5.74) is 9.76. The van der Waals surface area contributed by atoms with Gasteiger partial charge in [-0.1, -0.05) is 12.1 Å². The first-order valence-corrected chi connectivity index (χ1v) is 13.4. The predicted octanol–water partition coefficient (Wildman–Crippen LogP) is 5.05. The Kier molecular flexibility index (Phi) is 7.78. The molecule has 0 atom stereocenters. The number of benzene rings is 2. The lowest BCUT2D eigenvalue weighted by molar-refractivity contribution is 0.0843. The molecular weight excluding hydrogens is 561 g/mol. The number of carbonyl (C=O) groups excluding carboxylic acids is 2. The Balaban J connectivity index is 1.18. The summed E-state index contributed by atoms with van der Waals surface area (Å²) in [5.74, 6) is -1.25. The molecule has 0 fully saturated rings. The Hall–Kier alpha value is -6.30. The van der Waals surface area contributed by atoms with Crippen molar-refractivity contribution in [3.8, 4) is 28.3 Å². The van der Waals surface area contributed by atoms with Crippen molar-refractivity contribution in [1.29, 1.82) is 0 Å². The fourth-order valence-electron chi connectivity index (χ4n) is 4.33. The molecule has 6 rings (SSSR count). The van der Waals surface area contributed by atoms with Crippen molar-refractivity contribution in [3.63, 3.8) is 0 Å². The van der Waals surface area contributed by atoms with Crippen molar-refractivity contribution in [1.82, 2.24) is 40.6 Å². The van der Waals surface area contributed by atoms with E-state index in [-0.39, 0.29) is 11.3 Å². The third kappa shape index (κ3) is 6.14. The molecule has 0 bridgehead atoms. The number of anilines is 2. The summed E-state index contributed by atoms with van der Waals surface area (Å²) in [6, 6.07) is 23.1. The monoisotopic (exact) mass is 585 g/mol. The molecule has 6 aromatic rings. The van der Waals surface area contributed by atoms with E-state index >= 15 is 0 Å². The average molecular weight is 586 g/mol. The molecule has 2 amide bonds. The lowest BCUT2D eigenvalue weighted by Gasteiger charge is -2.12. The van der Waals surface area contributed by atoms with Crippen molar-refractivity contribution < 1.29 is 14.0 Å². The highest BCUT2D eigenvalue weighted by atomic mass is 19.1. The molecule has 11 nitrogen and oxygen atoms in total. The van der Waals surface area contributed by atoms with E-state index in [1.807, 2.05) is 19.1 Å². The molecule has 216 valence electrons. The van der Waals surface area contributed by atoms with Gasteiger partial charge in [0, 0.05) is 41.6 Å². The zero-order chi connectivity index (χ0) is 30.5. The zero-order valence-corrected chi connectivity index (χ0v) is 23.3. The number of carbonyl (C=O) groups is 2. The van der Waals surface area contributed by atoms with Crippen molar-refractivity contribution >= 4 is 23.5 Å². The molecule has 2 aromatic carbocycles. The highest BCUT2D eigenvalue weighted by Crippen LogP contribution is 2.24. The highest BCUT2D eigenvalue weighted by Gasteiger charge is 2.19. The van der Waals surface area contributed by atoms with E-state index in [2.05, 4.69) is 41.2 Å². The zero-order valence-electron chi connectivity index (χ0n) is 23.3. The van der Waals surface area contributed by atoms with E-state index in [0.29, 0.717) is 34.4 Å². The van der Waals surface area contributed by atoms with Gasteiger partial charge in [0.05, 0.1) is 22.8 Å². The Morgan fingerprint density at radius 1 is 0.795 bits per heavy atom. The molecular formula is C32H24FN9O2. The van der Waals surface area contributed by atoms with E-state index in [1.165, 1.54) is 16.8 Å². The molecule has 0 aliphatic rings. The summed E-state index contributed by atoms with van der Waals surface area (Å²) < 4.78 is 15.0. The number of pyridine rings is 2. The van der Waals surface area contributed by atoms with Crippen LogP contribution in [0.15, 0.2) is 110 Å². The van der Waals surface area contributed by atoms with Crippen LogP contribution in [0.1, 0.15) is 26.4 Å². The smallest absolute Gasteiger partial charge is 0.290 e. The minimum atomic E-state index is -0.650. The second-order valence-electron chi connectivity index (χ2n) is 9.59. The van der Waals surface area contributed by atoms with Gasteiger partial charge in [-0.05, 0) is 85.3 Å². The first-order chi connectivity index (χ1) is 21.4. The van der Waals surface area contributed by atoms with E-state index in [0.717, 1.165) is 11.1 Å². The number of halogens is 1. The van der Waals surface area contributed by atoms with Gasteiger partial charge in [0.15, 0.2) is 5.69 Å². The van der Waals surface area contributed by atoms with E-state index < -0.39 is 17.6 Å². The van der Waals surface area contributed by atoms with Crippen molar-refractivity contribution in [2.45, 2.75) is 6.92 Å². The lowest BCUT2D eigenvalue weighted by Crippen LogP contribution is -2.41. The third-order valence-corrected chi connectivity index (χ3v) is 6.59. The van der Waals surface area contributed by atoms with Crippen LogP contribution in [0.3, 0.4) is 0 Å². The summed E-state index contributed by atoms with van der Waals surface area (Å²) in [6.45, 7) is 1.88. The molecule has 0 saturated carbocycles. The van der Waals surface area contributed by atoms with Crippen LogP contribution in [0.5, 0.6) is 0 Å². The maximum Gasteiger partial charge on any atom is 0.290 e. The number of aromatic nitrogens is 6. The SMILES string of the molecule is Cc1ccc(C(=O)NNC(=O)c2cc(-c3ccccn3)n(-c3ccc(F)cc3)n2)cc1Nc1nccc(-c2cccnc2)n1. The van der Waals surface area contributed by atoms with Gasteiger partial charge in [-0.15, -0.1) is 0 Å². The van der Waals surface area contributed by atoms with Gasteiger partial charge in [0.1, 0.15) is 5.82 Å². The molecule has 0 radical (unpaired) electrons. The van der Waals surface area contributed by atoms with Gasteiger partial charge in [-0.2, -0.15) is 5.10 Å². The Morgan fingerprint density at radius 3 is 2.41 bits per heavy atom. The van der Waals surface area contributed by atoms with Crippen LogP contribution >= 0.6 is 0 Å². The molecule has 3 N–H and O–H groups in total. The number of hydrogen-bond donors (Lipinski definition) is 3. The largest absolute Gasteiger partial charge is 0.324 e. The van der Waals surface area contributed by atoms with Gasteiger partial charge >= 0.3 is 0 Å². The molecule has 0 spiro atoms. The summed E-state index contributed by atoms with van der Waals surface area (Å²) in [5, 5.41) is 7.56. The van der Waals surface area contributed by atoms with Gasteiger partial charge in [-0.25, -0.2) is 19.0 Å². The molecule has 44 heavy (non-hydrogen) atoms. The number of hydrazine groups is 1. The van der Waals surface area contributed by atoms with Crippen LogP contribution in [0.4, 0.5) is 16.0 Å². The van der Waals surface area contributed by atoms with Gasteiger partial charge in [-0.3, -0.25) is 30.4 Å². The van der Waals surface area contributed by atoms with Crippen LogP contribution < -0.4 is 16.2 Å². The fourth-order valence-corrected chi connectivity index (χ4v) is 4.33. The van der Waals surface area contributed by atoms with Crippen LogP contribution in [0.2, 0.25) is 0 Å². The molecule has 12 heteroatoms. The second-order valence-corrected chi connectivity index (χ2v) is 9.59. The number of aryl methyl sites for hydroxylation is 1. The second kappa shape index (κ2) is 12.3. The number of rotatable bonds is 7. The topological polar surface area (TPSA) is 140 Å². The quantitative estimate of drug-likeness (QED) is 0.221. The molecule has 4 heterocycles. The number of nitrogens with one attached hydrogen (secondary N) is 3. The molecule has 0 aliphatic heterocycles. The van der Waals surface area contributed by atoms with Gasteiger partial charge in [0.2, 0.25) is 5.95 Å². The summed E-state index contributed by atoms with van der Waals surface area (Å²) in [6.07, 6.45) is 6.65. The lowest BCUT2D eigenvalue weighted by atomic mass is 10.1. The summed E-state index contributed by atoms with van der Waals surface area (Å²) >= 11 is 0. The Bertz CT molecular complexity index is 1950. The average Bonchev–Trinajstić information content (AvgIpc) is 3.52. The van der Waals surface area contributed by atoms with Crippen LogP contribution in [-0.4, -0.2) is 41.5 Å². The number of nitrogens with zero attached hydrogens (tertiary/aromatic N) is 6. The van der Waals surface area contributed by atoms with Crippen molar-refractivity contribution in [3.05, 3.63) is 132 Å². The molecule has 0 aliphatic carbocycles. The van der Waals surface area contributed by atoms with E-state index in [9.17, 15) is 14.0 Å². The number of amides is 2. The summed E-state index contributed by atoms with van der Waals surface area (Å²) in [4.78, 5) is 43.4. The number of hydrogen-bond acceptors (Lipinski definition) is 8. The Labute approximate surface area is 250 Å². The standard InChI is InChI=1S/C32H24FN9O2/c1-20-7-8-21(17-27(20)38-32-36-16-13-25(37-32)22-5-4-14-34-19-22)30(43)39-40-31(44)28-18-29(26-6-2-3-15-35-26)42(41-28)24-11-9-23(33)10-12-24/h2-19H,1H3,(H,39,43)(H,40,44)(H,36,37,38). The van der Waals surface area contributed by atoms with Crippen LogP contribution in [-0.2, 0) is 0 Å². The van der Waals surface area contributed by atoms with Crippen molar-refractivity contribution in [2.24, 2.45) is 0 Å². The molecule has 4 aromatic heterocycles. The third-order valence-electron chi connectivity index (χ3n) is 6.59. The summed E-state index contributed by atoms with van der Waals surface area (Å²) in [7, 11) is 0. The van der Waals surface area contributed by atoms with Gasteiger partial charge < -0.3 is 5.32 Å². The maximum atomic E-state index is 13.6. The molecule has 0 unspecified atom stereocenters. The first-order valence-electron chi connectivity index (χ1n) is 13.4. The Morgan fingerprint density at radius 2 is 1.64 bits per heavy atom. The molecule has 0 saturated heterocycles. The predicted molar refractivity (Wildman–Crippen MR) is 161 cm³/mol. The minimum Gasteiger partial charge on any atom is -0.324 e. The van der Waals surface area contributed by atoms with E-state index in [4.69, 9.17) is 0 Å². The van der Waals surface area contributed by atoms with Gasteiger partial charge in [0.25, 0.3) is 11.8 Å². The first kappa shape index (κ1) is 27.8.